The summed E-state index contributed by atoms with van der Waals surface area (Å²) in [5, 5.41) is 9.59. The van der Waals surface area contributed by atoms with Gasteiger partial charge in [0.2, 0.25) is 0 Å². The third kappa shape index (κ3) is 5.43. The maximum absolute atomic E-state index is 11.3. The van der Waals surface area contributed by atoms with Crippen LogP contribution < -0.4 is 15.9 Å². The Kier molecular flexibility index (Phi) is 6.56. The zero-order valence-corrected chi connectivity index (χ0v) is 18.4. The van der Waals surface area contributed by atoms with E-state index in [1.54, 1.807) is 19.1 Å². The van der Waals surface area contributed by atoms with Gasteiger partial charge in [0.15, 0.2) is 0 Å². The van der Waals surface area contributed by atoms with Gasteiger partial charge in [0.1, 0.15) is 24.0 Å². The van der Waals surface area contributed by atoms with Crippen LogP contribution in [0.3, 0.4) is 0 Å². The average Bonchev–Trinajstić information content (AvgIpc) is 2.79. The molecule has 7 nitrogen and oxygen atoms in total. The van der Waals surface area contributed by atoms with Crippen LogP contribution in [-0.2, 0) is 14.0 Å². The van der Waals surface area contributed by atoms with Crippen molar-refractivity contribution >= 4 is 18.7 Å². The van der Waals surface area contributed by atoms with Crippen LogP contribution in [-0.4, -0.2) is 36.6 Å². The predicted molar refractivity (Wildman–Crippen MR) is 111 cm³/mol. The van der Waals surface area contributed by atoms with Gasteiger partial charge in [-0.3, -0.25) is 0 Å². The summed E-state index contributed by atoms with van der Waals surface area (Å²) in [5.74, 6) is 0.667. The largest absolute Gasteiger partial charge is 0.494 e. The number of hydrogen-bond acceptors (Lipinski definition) is 6. The Balaban J connectivity index is 2.19. The second-order valence-corrected chi connectivity index (χ2v) is 9.21. The molecule has 1 saturated heterocycles. The van der Waals surface area contributed by atoms with Crippen molar-refractivity contribution in [2.75, 3.05) is 6.61 Å². The lowest BCUT2D eigenvalue weighted by Crippen LogP contribution is -2.41. The van der Waals surface area contributed by atoms with Gasteiger partial charge >= 0.3 is 13.2 Å². The zero-order chi connectivity index (χ0) is 22.0. The number of carbonyl (C=O) groups excluding carboxylic acids is 1. The fourth-order valence-corrected chi connectivity index (χ4v) is 3.35. The van der Waals surface area contributed by atoms with Crippen molar-refractivity contribution in [1.82, 2.24) is 0 Å². The highest BCUT2D eigenvalue weighted by Crippen LogP contribution is 2.36. The van der Waals surface area contributed by atoms with Crippen LogP contribution in [0, 0.1) is 17.2 Å². The van der Waals surface area contributed by atoms with Gasteiger partial charge in [-0.2, -0.15) is 5.26 Å². The lowest BCUT2D eigenvalue weighted by atomic mass is 9.78. The number of nitriles is 1. The fraction of sp³-hybridized carbons (Fsp3) is 0.619. The van der Waals surface area contributed by atoms with Crippen molar-refractivity contribution in [3.63, 3.8) is 0 Å². The summed E-state index contributed by atoms with van der Waals surface area (Å²) in [6.45, 7) is 13.8. The Morgan fingerprint density at radius 2 is 1.86 bits per heavy atom. The predicted octanol–water partition coefficient (Wildman–Crippen LogP) is 3.14. The van der Waals surface area contributed by atoms with Gasteiger partial charge in [-0.25, -0.2) is 4.79 Å². The lowest BCUT2D eigenvalue weighted by molar-refractivity contribution is -0.0186. The minimum Gasteiger partial charge on any atom is -0.488 e. The second kappa shape index (κ2) is 8.25. The molecule has 0 bridgehead atoms. The minimum atomic E-state index is -0.892. The van der Waals surface area contributed by atoms with Crippen LogP contribution in [0.4, 0.5) is 4.79 Å². The second-order valence-electron chi connectivity index (χ2n) is 9.21. The summed E-state index contributed by atoms with van der Waals surface area (Å²) in [7, 11) is -0.564. The fourth-order valence-electron chi connectivity index (χ4n) is 3.35. The van der Waals surface area contributed by atoms with Crippen LogP contribution in [0.1, 0.15) is 60.5 Å². The molecule has 2 rings (SSSR count). The quantitative estimate of drug-likeness (QED) is 0.703. The van der Waals surface area contributed by atoms with Gasteiger partial charge in [-0.05, 0) is 64.6 Å². The molecule has 1 atom stereocenters. The van der Waals surface area contributed by atoms with Crippen molar-refractivity contribution in [3.05, 3.63) is 23.8 Å². The smallest absolute Gasteiger partial charge is 0.488 e. The van der Waals surface area contributed by atoms with Gasteiger partial charge in [0.05, 0.1) is 16.8 Å². The van der Waals surface area contributed by atoms with E-state index in [9.17, 15) is 10.1 Å². The number of hydrogen-bond donors (Lipinski definition) is 1. The molecule has 0 spiro atoms. The highest BCUT2D eigenvalue weighted by atomic mass is 16.7. The number of amides is 1. The molecule has 0 saturated carbocycles. The molecule has 2 N–H and O–H groups in total. The monoisotopic (exact) mass is 402 g/mol. The molecule has 158 valence electrons. The van der Waals surface area contributed by atoms with Gasteiger partial charge < -0.3 is 24.5 Å². The van der Waals surface area contributed by atoms with E-state index < -0.39 is 30.0 Å². The lowest BCUT2D eigenvalue weighted by Gasteiger charge is -2.32. The molecule has 0 aromatic heterocycles. The first-order valence-electron chi connectivity index (χ1n) is 9.79. The summed E-state index contributed by atoms with van der Waals surface area (Å²) < 4.78 is 23.2. The number of rotatable bonds is 7. The third-order valence-corrected chi connectivity index (χ3v) is 5.37. The number of nitrogens with two attached hydrogens (primary N) is 1. The number of nitrogens with zero attached hydrogens (tertiary/aromatic N) is 1. The Labute approximate surface area is 173 Å². The molecule has 1 aromatic carbocycles. The molecule has 1 amide bonds. The summed E-state index contributed by atoms with van der Waals surface area (Å²) in [5.41, 5.74) is 4.48. The highest BCUT2D eigenvalue weighted by Gasteiger charge is 2.51. The normalized spacial score (nSPS) is 19.5. The summed E-state index contributed by atoms with van der Waals surface area (Å²) in [4.78, 5) is 11.3. The Morgan fingerprint density at radius 1 is 1.28 bits per heavy atom. The maximum atomic E-state index is 11.3. The van der Waals surface area contributed by atoms with Crippen LogP contribution >= 0.6 is 0 Å². The Bertz CT molecular complexity index is 787. The van der Waals surface area contributed by atoms with E-state index in [1.807, 2.05) is 47.6 Å². The van der Waals surface area contributed by atoms with Gasteiger partial charge in [0.25, 0.3) is 0 Å². The van der Waals surface area contributed by atoms with Crippen molar-refractivity contribution in [3.8, 4) is 11.8 Å². The molecule has 29 heavy (non-hydrogen) atoms. The van der Waals surface area contributed by atoms with E-state index in [0.717, 1.165) is 5.46 Å². The molecular weight excluding hydrogens is 371 g/mol. The summed E-state index contributed by atoms with van der Waals surface area (Å²) >= 11 is 0. The summed E-state index contributed by atoms with van der Waals surface area (Å²) in [6.07, 6.45) is -0.280. The molecule has 1 aromatic rings. The van der Waals surface area contributed by atoms with E-state index >= 15 is 0 Å². The van der Waals surface area contributed by atoms with Crippen molar-refractivity contribution in [2.45, 2.75) is 71.7 Å². The molecular formula is C21H31BN2O5. The SMILES string of the molecule is CC(C)C[C@@](C)(COc1ccc(B2OC(C)(C)C(C)(C)O2)cc1C#N)OC(N)=O. The molecule has 1 fully saturated rings. The van der Waals surface area contributed by atoms with Crippen molar-refractivity contribution in [2.24, 2.45) is 11.7 Å². The van der Waals surface area contributed by atoms with E-state index in [0.29, 0.717) is 17.7 Å². The van der Waals surface area contributed by atoms with Gasteiger partial charge in [-0.1, -0.05) is 19.9 Å². The number of carbonyl (C=O) groups is 1. The molecule has 0 radical (unpaired) electrons. The average molecular weight is 402 g/mol. The van der Waals surface area contributed by atoms with E-state index in [4.69, 9.17) is 24.5 Å². The first-order valence-corrected chi connectivity index (χ1v) is 9.79. The molecule has 0 unspecified atom stereocenters. The zero-order valence-electron chi connectivity index (χ0n) is 18.4. The van der Waals surface area contributed by atoms with Crippen LogP contribution in [0.5, 0.6) is 5.75 Å². The minimum absolute atomic E-state index is 0.0820. The number of benzene rings is 1. The van der Waals surface area contributed by atoms with Crippen LogP contribution in [0.2, 0.25) is 0 Å². The van der Waals surface area contributed by atoms with Crippen molar-refractivity contribution in [1.29, 1.82) is 5.26 Å². The topological polar surface area (TPSA) is 104 Å². The van der Waals surface area contributed by atoms with E-state index in [1.165, 1.54) is 0 Å². The van der Waals surface area contributed by atoms with Crippen molar-refractivity contribution < 1.29 is 23.6 Å². The van der Waals surface area contributed by atoms with E-state index in [2.05, 4.69) is 6.07 Å². The maximum Gasteiger partial charge on any atom is 0.494 e. The highest BCUT2D eigenvalue weighted by molar-refractivity contribution is 6.62. The number of ether oxygens (including phenoxy) is 2. The molecule has 0 aliphatic carbocycles. The summed E-state index contributed by atoms with van der Waals surface area (Å²) in [6, 6.07) is 7.37. The molecule has 8 heteroatoms. The van der Waals surface area contributed by atoms with Gasteiger partial charge in [-0.15, -0.1) is 0 Å². The Morgan fingerprint density at radius 3 is 2.34 bits per heavy atom. The van der Waals surface area contributed by atoms with Crippen LogP contribution in [0.25, 0.3) is 0 Å². The Hall–Kier alpha value is -2.24. The van der Waals surface area contributed by atoms with Crippen LogP contribution in [0.15, 0.2) is 18.2 Å². The van der Waals surface area contributed by atoms with Gasteiger partial charge in [0, 0.05) is 0 Å². The molecule has 1 aliphatic rings. The first-order chi connectivity index (χ1) is 13.3. The third-order valence-electron chi connectivity index (χ3n) is 5.37. The molecule has 1 aliphatic heterocycles. The first kappa shape index (κ1) is 23.0. The standard InChI is InChI=1S/C21H31BN2O5/c1-14(2)11-21(7,27-18(24)25)13-26-17-9-8-16(10-15(17)12-23)22-28-19(3,4)20(5,6)29-22/h8-10,14H,11,13H2,1-7H3,(H2,24,25)/t21-/m0/s1. The number of primary amides is 1. The molecule has 1 heterocycles. The van der Waals surface area contributed by atoms with E-state index in [-0.39, 0.29) is 12.5 Å².